The van der Waals surface area contributed by atoms with Crippen LogP contribution in [0, 0.1) is 11.3 Å². The summed E-state index contributed by atoms with van der Waals surface area (Å²) in [5.41, 5.74) is 6.27. The van der Waals surface area contributed by atoms with Gasteiger partial charge in [-0.1, -0.05) is 6.07 Å². The molecule has 0 spiro atoms. The molecule has 14 heavy (non-hydrogen) atoms. The highest BCUT2D eigenvalue weighted by Crippen LogP contribution is 2.13. The van der Waals surface area contributed by atoms with Gasteiger partial charge in [0, 0.05) is 5.69 Å². The van der Waals surface area contributed by atoms with Crippen molar-refractivity contribution in [1.29, 1.82) is 5.26 Å². The second-order valence-corrected chi connectivity index (χ2v) is 4.37. The van der Waals surface area contributed by atoms with Crippen LogP contribution < -0.4 is 10.5 Å². The number of nitrogens with two attached hydrogens (primary N) is 1. The minimum absolute atomic E-state index is 0.361. The van der Waals surface area contributed by atoms with Crippen LogP contribution in [0.5, 0.6) is 0 Å². The van der Waals surface area contributed by atoms with Gasteiger partial charge >= 0.3 is 0 Å². The molecule has 0 saturated heterocycles. The van der Waals surface area contributed by atoms with E-state index < -0.39 is 15.8 Å². The Kier molecular flexibility index (Phi) is 2.94. The van der Waals surface area contributed by atoms with E-state index in [9.17, 15) is 8.42 Å². The van der Waals surface area contributed by atoms with Gasteiger partial charge < -0.3 is 5.73 Å². The van der Waals surface area contributed by atoms with Crippen molar-refractivity contribution in [2.24, 2.45) is 0 Å². The first-order valence-corrected chi connectivity index (χ1v) is 5.42. The summed E-state index contributed by atoms with van der Waals surface area (Å²) >= 11 is 0. The number of rotatable bonds is 3. The van der Waals surface area contributed by atoms with E-state index in [-0.39, 0.29) is 0 Å². The van der Waals surface area contributed by atoms with E-state index in [1.54, 1.807) is 24.3 Å². The molecule has 5 nitrogen and oxygen atoms in total. The summed E-state index contributed by atoms with van der Waals surface area (Å²) < 4.78 is 24.5. The number of hydrogen-bond acceptors (Lipinski definition) is 4. The summed E-state index contributed by atoms with van der Waals surface area (Å²) in [6, 6.07) is 7.87. The molecular weight excluding hydrogens is 202 g/mol. The maximum absolute atomic E-state index is 11.1. The van der Waals surface area contributed by atoms with Crippen LogP contribution >= 0.6 is 0 Å². The van der Waals surface area contributed by atoms with Crippen molar-refractivity contribution in [2.45, 2.75) is 0 Å². The predicted molar refractivity (Wildman–Crippen MR) is 53.9 cm³/mol. The average molecular weight is 211 g/mol. The molecular formula is C8H9N3O2S. The number of nitrogen functional groups attached to an aromatic ring is 1. The lowest BCUT2D eigenvalue weighted by Crippen LogP contribution is -2.15. The van der Waals surface area contributed by atoms with Crippen molar-refractivity contribution in [1.82, 2.24) is 0 Å². The van der Waals surface area contributed by atoms with E-state index in [1.807, 2.05) is 0 Å². The van der Waals surface area contributed by atoms with Crippen LogP contribution in [-0.2, 0) is 10.0 Å². The normalized spacial score (nSPS) is 10.5. The fourth-order valence-electron chi connectivity index (χ4n) is 0.903. The van der Waals surface area contributed by atoms with Crippen LogP contribution in [0.25, 0.3) is 0 Å². The van der Waals surface area contributed by atoms with E-state index >= 15 is 0 Å². The van der Waals surface area contributed by atoms with Gasteiger partial charge in [0.05, 0.1) is 11.8 Å². The standard InChI is InChI=1S/C8H9N3O2S/c9-4-5-14(12,13)11-8-3-1-2-7(10)6-8/h1-3,6,11H,5,10H2. The molecule has 0 amide bonds. The number of hydrogen-bond donors (Lipinski definition) is 2. The van der Waals surface area contributed by atoms with Crippen LogP contribution in [0.1, 0.15) is 0 Å². The predicted octanol–water partition coefficient (Wildman–Crippen LogP) is 0.534. The fraction of sp³-hybridized carbons (Fsp3) is 0.125. The van der Waals surface area contributed by atoms with E-state index in [4.69, 9.17) is 11.0 Å². The van der Waals surface area contributed by atoms with Gasteiger partial charge in [0.2, 0.25) is 10.0 Å². The Morgan fingerprint density at radius 2 is 2.21 bits per heavy atom. The summed E-state index contributed by atoms with van der Waals surface area (Å²) in [6.07, 6.45) is 0. The Morgan fingerprint density at radius 3 is 2.79 bits per heavy atom. The van der Waals surface area contributed by atoms with Gasteiger partial charge in [0.1, 0.15) is 0 Å². The third-order valence-electron chi connectivity index (χ3n) is 1.41. The van der Waals surface area contributed by atoms with Crippen molar-refractivity contribution in [2.75, 3.05) is 16.2 Å². The molecule has 0 aliphatic heterocycles. The first kappa shape index (κ1) is 10.3. The lowest BCUT2D eigenvalue weighted by molar-refractivity contribution is 0.604. The molecule has 0 heterocycles. The van der Waals surface area contributed by atoms with Gasteiger partial charge in [-0.05, 0) is 18.2 Å². The molecule has 1 rings (SSSR count). The SMILES string of the molecule is N#CCS(=O)(=O)Nc1cccc(N)c1. The minimum Gasteiger partial charge on any atom is -0.399 e. The van der Waals surface area contributed by atoms with Gasteiger partial charge in [-0.3, -0.25) is 4.72 Å². The molecule has 1 aromatic rings. The third-order valence-corrected chi connectivity index (χ3v) is 2.47. The zero-order valence-electron chi connectivity index (χ0n) is 7.27. The molecule has 0 unspecified atom stereocenters. The maximum Gasteiger partial charge on any atom is 0.246 e. The Labute approximate surface area is 82.2 Å². The molecule has 1 aromatic carbocycles. The van der Waals surface area contributed by atoms with Crippen molar-refractivity contribution in [3.05, 3.63) is 24.3 Å². The van der Waals surface area contributed by atoms with Crippen molar-refractivity contribution in [3.63, 3.8) is 0 Å². The molecule has 6 heteroatoms. The van der Waals surface area contributed by atoms with E-state index in [1.165, 1.54) is 6.07 Å². The third kappa shape index (κ3) is 2.95. The second-order valence-electron chi connectivity index (χ2n) is 2.64. The van der Waals surface area contributed by atoms with E-state index in [0.717, 1.165) is 0 Å². The highest BCUT2D eigenvalue weighted by atomic mass is 32.2. The molecule has 74 valence electrons. The molecule has 0 radical (unpaired) electrons. The lowest BCUT2D eigenvalue weighted by atomic mass is 10.3. The van der Waals surface area contributed by atoms with E-state index in [0.29, 0.717) is 11.4 Å². The zero-order chi connectivity index (χ0) is 10.6. The summed E-state index contributed by atoms with van der Waals surface area (Å²) in [5, 5.41) is 8.24. The Hall–Kier alpha value is -1.74. The topological polar surface area (TPSA) is 96.0 Å². The number of benzene rings is 1. The lowest BCUT2D eigenvalue weighted by Gasteiger charge is -2.04. The summed E-state index contributed by atoms with van der Waals surface area (Å²) in [6.45, 7) is 0. The fourth-order valence-corrected chi connectivity index (χ4v) is 1.63. The average Bonchev–Trinajstić information content (AvgIpc) is 2.02. The summed E-state index contributed by atoms with van der Waals surface area (Å²) in [4.78, 5) is 0. The summed E-state index contributed by atoms with van der Waals surface area (Å²) in [5.74, 6) is -0.568. The number of nitriles is 1. The molecule has 0 fully saturated rings. The second kappa shape index (κ2) is 3.98. The highest BCUT2D eigenvalue weighted by Gasteiger charge is 2.08. The van der Waals surface area contributed by atoms with E-state index in [2.05, 4.69) is 4.72 Å². The van der Waals surface area contributed by atoms with Crippen LogP contribution in [0.4, 0.5) is 11.4 Å². The molecule has 0 atom stereocenters. The van der Waals surface area contributed by atoms with Crippen molar-refractivity contribution >= 4 is 21.4 Å². The van der Waals surface area contributed by atoms with Gasteiger partial charge in [0.25, 0.3) is 0 Å². The van der Waals surface area contributed by atoms with Crippen LogP contribution in [0.2, 0.25) is 0 Å². The molecule has 0 aliphatic rings. The molecule has 0 saturated carbocycles. The van der Waals surface area contributed by atoms with Crippen molar-refractivity contribution in [3.8, 4) is 6.07 Å². The monoisotopic (exact) mass is 211 g/mol. The molecule has 0 bridgehead atoms. The molecule has 0 aromatic heterocycles. The van der Waals surface area contributed by atoms with Crippen LogP contribution in [-0.4, -0.2) is 14.2 Å². The number of nitrogens with zero attached hydrogens (tertiary/aromatic N) is 1. The van der Waals surface area contributed by atoms with Crippen LogP contribution in [0.3, 0.4) is 0 Å². The largest absolute Gasteiger partial charge is 0.399 e. The van der Waals surface area contributed by atoms with Crippen LogP contribution in [0.15, 0.2) is 24.3 Å². The van der Waals surface area contributed by atoms with Crippen molar-refractivity contribution < 1.29 is 8.42 Å². The minimum atomic E-state index is -3.57. The zero-order valence-corrected chi connectivity index (χ0v) is 8.08. The Balaban J connectivity index is 2.85. The molecule has 0 aliphatic carbocycles. The summed E-state index contributed by atoms with van der Waals surface area (Å²) in [7, 11) is -3.57. The Bertz CT molecular complexity index is 462. The number of sulfonamides is 1. The quantitative estimate of drug-likeness (QED) is 0.713. The van der Waals surface area contributed by atoms with Gasteiger partial charge in [-0.15, -0.1) is 0 Å². The Morgan fingerprint density at radius 1 is 1.50 bits per heavy atom. The first-order chi connectivity index (χ1) is 6.53. The number of nitrogens with one attached hydrogen (secondary N) is 1. The van der Waals surface area contributed by atoms with Gasteiger partial charge in [-0.2, -0.15) is 5.26 Å². The highest BCUT2D eigenvalue weighted by molar-refractivity contribution is 7.92. The first-order valence-electron chi connectivity index (χ1n) is 3.76. The van der Waals surface area contributed by atoms with Gasteiger partial charge in [-0.25, -0.2) is 8.42 Å². The maximum atomic E-state index is 11.1. The molecule has 3 N–H and O–H groups in total. The van der Waals surface area contributed by atoms with Gasteiger partial charge in [0.15, 0.2) is 5.75 Å². The number of anilines is 2. The smallest absolute Gasteiger partial charge is 0.246 e.